The van der Waals surface area contributed by atoms with Crippen LogP contribution in [-0.2, 0) is 17.8 Å². The van der Waals surface area contributed by atoms with E-state index in [1.807, 2.05) is 66.7 Å². The second-order valence-electron chi connectivity index (χ2n) is 11.1. The maximum Gasteiger partial charge on any atom is 0.340 e. The molecule has 1 aromatic heterocycles. The molecule has 0 aliphatic carbocycles. The van der Waals surface area contributed by atoms with E-state index in [1.54, 1.807) is 6.07 Å². The standard InChI is InChI=1S/C36H33ClN2O3/c1-24-9-8-12-27(19-24)25-15-17-39(18-16-25)23-28-20-30-33(22-32(28)37)42-36(41)31(35(30)26-10-4-2-5-11-26)21-34(40)38-29-13-6-3-7-14-29/h2-14,19-20,22,25H,15-18,21,23H2,1H3,(H,38,40). The van der Waals surface area contributed by atoms with Gasteiger partial charge in [-0.25, -0.2) is 4.79 Å². The number of likely N-dealkylation sites (tertiary alicyclic amines) is 1. The Kier molecular flexibility index (Phi) is 8.22. The van der Waals surface area contributed by atoms with Crippen molar-refractivity contribution in [2.75, 3.05) is 18.4 Å². The van der Waals surface area contributed by atoms with Crippen molar-refractivity contribution in [3.05, 3.63) is 135 Å². The van der Waals surface area contributed by atoms with Gasteiger partial charge in [-0.1, -0.05) is 90.0 Å². The van der Waals surface area contributed by atoms with Gasteiger partial charge in [0.15, 0.2) is 0 Å². The Balaban J connectivity index is 1.31. The van der Waals surface area contributed by atoms with Gasteiger partial charge in [0.25, 0.3) is 0 Å². The minimum atomic E-state index is -0.536. The summed E-state index contributed by atoms with van der Waals surface area (Å²) in [6, 6.07) is 31.5. The minimum Gasteiger partial charge on any atom is -0.422 e. The quantitative estimate of drug-likeness (QED) is 0.199. The van der Waals surface area contributed by atoms with Crippen LogP contribution in [0.4, 0.5) is 5.69 Å². The number of carbonyl (C=O) groups is 1. The van der Waals surface area contributed by atoms with E-state index in [0.717, 1.165) is 42.4 Å². The summed E-state index contributed by atoms with van der Waals surface area (Å²) in [7, 11) is 0. The lowest BCUT2D eigenvalue weighted by molar-refractivity contribution is -0.115. The van der Waals surface area contributed by atoms with Crippen molar-refractivity contribution < 1.29 is 9.21 Å². The highest BCUT2D eigenvalue weighted by molar-refractivity contribution is 6.32. The number of hydrogen-bond acceptors (Lipinski definition) is 4. The van der Waals surface area contributed by atoms with Crippen LogP contribution in [0.1, 0.15) is 41.0 Å². The first kappa shape index (κ1) is 28.0. The number of halogens is 1. The molecule has 0 atom stereocenters. The summed E-state index contributed by atoms with van der Waals surface area (Å²) in [4.78, 5) is 28.8. The topological polar surface area (TPSA) is 62.6 Å². The molecule has 0 radical (unpaired) electrons. The first-order valence-electron chi connectivity index (χ1n) is 14.4. The molecule has 0 saturated carbocycles. The van der Waals surface area contributed by atoms with Crippen molar-refractivity contribution in [1.29, 1.82) is 0 Å². The number of piperidine rings is 1. The third kappa shape index (κ3) is 6.18. The van der Waals surface area contributed by atoms with Gasteiger partial charge in [0.05, 0.1) is 12.0 Å². The summed E-state index contributed by atoms with van der Waals surface area (Å²) >= 11 is 6.78. The van der Waals surface area contributed by atoms with Crippen molar-refractivity contribution in [2.45, 2.75) is 38.6 Å². The Labute approximate surface area is 250 Å². The van der Waals surface area contributed by atoms with E-state index >= 15 is 0 Å². The summed E-state index contributed by atoms with van der Waals surface area (Å²) in [5.74, 6) is 0.285. The van der Waals surface area contributed by atoms with Crippen LogP contribution < -0.4 is 10.9 Å². The van der Waals surface area contributed by atoms with Crippen LogP contribution in [0.15, 0.2) is 106 Å². The lowest BCUT2D eigenvalue weighted by Gasteiger charge is -2.32. The zero-order chi connectivity index (χ0) is 29.1. The fraction of sp³-hybridized carbons (Fsp3) is 0.222. The number of aryl methyl sites for hydroxylation is 1. The van der Waals surface area contributed by atoms with Gasteiger partial charge in [0, 0.05) is 34.3 Å². The molecule has 42 heavy (non-hydrogen) atoms. The van der Waals surface area contributed by atoms with Crippen molar-refractivity contribution in [3.8, 4) is 11.1 Å². The SMILES string of the molecule is Cc1cccc(C2CCN(Cc3cc4c(-c5ccccc5)c(CC(=O)Nc5ccccc5)c(=O)oc4cc3Cl)CC2)c1. The van der Waals surface area contributed by atoms with Crippen molar-refractivity contribution in [1.82, 2.24) is 4.90 Å². The van der Waals surface area contributed by atoms with Gasteiger partial charge in [-0.15, -0.1) is 0 Å². The van der Waals surface area contributed by atoms with Gasteiger partial charge in [-0.3, -0.25) is 9.69 Å². The second kappa shape index (κ2) is 12.4. The van der Waals surface area contributed by atoms with Crippen LogP contribution in [0.25, 0.3) is 22.1 Å². The Hall–Kier alpha value is -4.19. The van der Waals surface area contributed by atoms with Crippen LogP contribution in [0.3, 0.4) is 0 Å². The number of rotatable bonds is 7. The molecule has 5 aromatic rings. The lowest BCUT2D eigenvalue weighted by Crippen LogP contribution is -2.32. The fourth-order valence-corrected chi connectivity index (χ4v) is 6.21. The highest BCUT2D eigenvalue weighted by atomic mass is 35.5. The summed E-state index contributed by atoms with van der Waals surface area (Å²) in [6.07, 6.45) is 2.08. The average Bonchev–Trinajstić information content (AvgIpc) is 3.00. The molecule has 1 saturated heterocycles. The smallest absolute Gasteiger partial charge is 0.340 e. The Morgan fingerprint density at radius 2 is 1.64 bits per heavy atom. The van der Waals surface area contributed by atoms with Gasteiger partial charge in [0.1, 0.15) is 5.58 Å². The molecule has 6 rings (SSSR count). The third-order valence-electron chi connectivity index (χ3n) is 8.12. The molecular formula is C36H33ClN2O3. The van der Waals surface area contributed by atoms with Crippen LogP contribution in [0.5, 0.6) is 0 Å². The summed E-state index contributed by atoms with van der Waals surface area (Å²) < 4.78 is 5.77. The summed E-state index contributed by atoms with van der Waals surface area (Å²) in [6.45, 7) is 4.81. The zero-order valence-corrected chi connectivity index (χ0v) is 24.4. The van der Waals surface area contributed by atoms with Gasteiger partial charge < -0.3 is 9.73 Å². The molecular weight excluding hydrogens is 544 g/mol. The van der Waals surface area contributed by atoms with Crippen molar-refractivity contribution in [3.63, 3.8) is 0 Å². The molecule has 6 heteroatoms. The largest absolute Gasteiger partial charge is 0.422 e. The fourth-order valence-electron chi connectivity index (χ4n) is 6.00. The highest BCUT2D eigenvalue weighted by Crippen LogP contribution is 2.35. The Morgan fingerprint density at radius 1 is 0.929 bits per heavy atom. The normalized spacial score (nSPS) is 14.2. The number of fused-ring (bicyclic) bond motifs is 1. The van der Waals surface area contributed by atoms with Crippen molar-refractivity contribution in [2.24, 2.45) is 0 Å². The van der Waals surface area contributed by atoms with E-state index in [1.165, 1.54) is 11.1 Å². The van der Waals surface area contributed by atoms with Gasteiger partial charge >= 0.3 is 5.63 Å². The number of anilines is 1. The predicted molar refractivity (Wildman–Crippen MR) is 170 cm³/mol. The maximum absolute atomic E-state index is 13.3. The van der Waals surface area contributed by atoms with Crippen LogP contribution >= 0.6 is 11.6 Å². The highest BCUT2D eigenvalue weighted by Gasteiger charge is 2.24. The predicted octanol–water partition coefficient (Wildman–Crippen LogP) is 7.98. The first-order chi connectivity index (χ1) is 20.4. The molecule has 212 valence electrons. The van der Waals surface area contributed by atoms with Crippen LogP contribution in [0, 0.1) is 6.92 Å². The minimum absolute atomic E-state index is 0.109. The zero-order valence-electron chi connectivity index (χ0n) is 23.6. The molecule has 1 amide bonds. The average molecular weight is 577 g/mol. The number of benzene rings is 4. The molecule has 0 bridgehead atoms. The molecule has 2 heterocycles. The number of nitrogens with zero attached hydrogens (tertiary/aromatic N) is 1. The number of para-hydroxylation sites is 1. The lowest BCUT2D eigenvalue weighted by atomic mass is 9.88. The first-order valence-corrected chi connectivity index (χ1v) is 14.8. The van der Waals surface area contributed by atoms with E-state index < -0.39 is 5.63 Å². The Morgan fingerprint density at radius 3 is 2.36 bits per heavy atom. The maximum atomic E-state index is 13.3. The van der Waals surface area contributed by atoms with E-state index in [0.29, 0.717) is 39.9 Å². The number of carbonyl (C=O) groups excluding carboxylic acids is 1. The Bertz CT molecular complexity index is 1780. The molecule has 1 N–H and O–H groups in total. The van der Waals surface area contributed by atoms with E-state index in [2.05, 4.69) is 41.4 Å². The molecule has 5 nitrogen and oxygen atoms in total. The molecule has 0 spiro atoms. The molecule has 1 aliphatic heterocycles. The van der Waals surface area contributed by atoms with E-state index in [9.17, 15) is 9.59 Å². The van der Waals surface area contributed by atoms with Crippen LogP contribution in [-0.4, -0.2) is 23.9 Å². The van der Waals surface area contributed by atoms with Gasteiger partial charge in [-0.2, -0.15) is 0 Å². The molecule has 0 unspecified atom stereocenters. The van der Waals surface area contributed by atoms with E-state index in [4.69, 9.17) is 16.0 Å². The molecule has 1 aliphatic rings. The van der Waals surface area contributed by atoms with E-state index in [-0.39, 0.29) is 12.3 Å². The number of amides is 1. The monoisotopic (exact) mass is 576 g/mol. The second-order valence-corrected chi connectivity index (χ2v) is 11.5. The molecule has 1 fully saturated rings. The summed E-state index contributed by atoms with van der Waals surface area (Å²) in [5, 5.41) is 4.23. The molecule has 4 aromatic carbocycles. The number of hydrogen-bond donors (Lipinski definition) is 1. The van der Waals surface area contributed by atoms with Gasteiger partial charge in [-0.05, 0) is 73.7 Å². The van der Waals surface area contributed by atoms with Crippen molar-refractivity contribution >= 4 is 34.2 Å². The third-order valence-corrected chi connectivity index (χ3v) is 8.47. The van der Waals surface area contributed by atoms with Crippen LogP contribution in [0.2, 0.25) is 5.02 Å². The number of nitrogens with one attached hydrogen (secondary N) is 1. The van der Waals surface area contributed by atoms with Gasteiger partial charge in [0.2, 0.25) is 5.91 Å². The summed E-state index contributed by atoms with van der Waals surface area (Å²) in [5.41, 5.74) is 6.14.